The number of ether oxygens (including phenoxy) is 1. The van der Waals surface area contributed by atoms with E-state index in [9.17, 15) is 9.18 Å². The van der Waals surface area contributed by atoms with E-state index in [4.69, 9.17) is 4.74 Å². The summed E-state index contributed by atoms with van der Waals surface area (Å²) in [5.74, 6) is 0.129. The lowest BCUT2D eigenvalue weighted by atomic mass is 10.2. The summed E-state index contributed by atoms with van der Waals surface area (Å²) >= 11 is 2.77. The topological polar surface area (TPSA) is 64.1 Å². The van der Waals surface area contributed by atoms with Gasteiger partial charge in [0.25, 0.3) is 5.91 Å². The lowest BCUT2D eigenvalue weighted by molar-refractivity contribution is -0.121. The minimum atomic E-state index is -0.271. The largest absolute Gasteiger partial charge is 0.367 e. The van der Waals surface area contributed by atoms with Gasteiger partial charge in [0.15, 0.2) is 4.34 Å². The molecule has 0 bridgehead atoms. The van der Waals surface area contributed by atoms with Crippen LogP contribution in [0.5, 0.6) is 0 Å². The van der Waals surface area contributed by atoms with E-state index in [1.165, 1.54) is 35.2 Å². The first-order valence-corrected chi connectivity index (χ1v) is 9.61. The van der Waals surface area contributed by atoms with Crippen LogP contribution < -0.4 is 5.32 Å². The molecule has 0 aliphatic heterocycles. The highest BCUT2D eigenvalue weighted by molar-refractivity contribution is 8.00. The van der Waals surface area contributed by atoms with E-state index in [-0.39, 0.29) is 18.3 Å². The van der Waals surface area contributed by atoms with Gasteiger partial charge >= 0.3 is 0 Å². The van der Waals surface area contributed by atoms with Crippen LogP contribution in [-0.2, 0) is 21.9 Å². The fraction of sp³-hybridized carbons (Fsp3) is 0.167. The highest BCUT2D eigenvalue weighted by Crippen LogP contribution is 2.28. The van der Waals surface area contributed by atoms with Crippen molar-refractivity contribution in [3.8, 4) is 0 Å². The van der Waals surface area contributed by atoms with Crippen molar-refractivity contribution in [1.82, 2.24) is 10.2 Å². The number of nitrogens with zero attached hydrogens (tertiary/aromatic N) is 2. The van der Waals surface area contributed by atoms with Crippen LogP contribution in [-0.4, -0.2) is 22.7 Å². The normalized spacial score (nSPS) is 10.7. The summed E-state index contributed by atoms with van der Waals surface area (Å²) in [6.45, 7) is 0.329. The molecule has 0 unspecified atom stereocenters. The molecule has 0 radical (unpaired) electrons. The summed E-state index contributed by atoms with van der Waals surface area (Å²) in [4.78, 5) is 11.9. The van der Waals surface area contributed by atoms with Crippen LogP contribution in [0.4, 0.5) is 9.52 Å². The molecule has 1 aromatic heterocycles. The van der Waals surface area contributed by atoms with Crippen molar-refractivity contribution >= 4 is 34.1 Å². The Morgan fingerprint density at radius 1 is 1.08 bits per heavy atom. The lowest BCUT2D eigenvalue weighted by Crippen LogP contribution is -2.18. The Morgan fingerprint density at radius 2 is 1.85 bits per heavy atom. The van der Waals surface area contributed by atoms with Crippen molar-refractivity contribution in [2.45, 2.75) is 16.7 Å². The summed E-state index contributed by atoms with van der Waals surface area (Å²) in [5.41, 5.74) is 2.00. The summed E-state index contributed by atoms with van der Waals surface area (Å²) in [5, 5.41) is 11.1. The second kappa shape index (κ2) is 9.42. The molecule has 3 rings (SSSR count). The third-order valence-corrected chi connectivity index (χ3v) is 5.32. The Labute approximate surface area is 158 Å². The van der Waals surface area contributed by atoms with Gasteiger partial charge in [0, 0.05) is 5.75 Å². The number of carbonyl (C=O) groups excluding carboxylic acids is 1. The van der Waals surface area contributed by atoms with Crippen molar-refractivity contribution in [1.29, 1.82) is 0 Å². The van der Waals surface area contributed by atoms with Gasteiger partial charge in [0.05, 0.1) is 6.61 Å². The molecule has 8 heteroatoms. The monoisotopic (exact) mass is 389 g/mol. The fourth-order valence-electron chi connectivity index (χ4n) is 2.04. The zero-order valence-electron chi connectivity index (χ0n) is 13.7. The molecule has 5 nitrogen and oxygen atoms in total. The Kier molecular flexibility index (Phi) is 6.70. The molecular weight excluding hydrogens is 373 g/mol. The molecule has 26 heavy (non-hydrogen) atoms. The van der Waals surface area contributed by atoms with Gasteiger partial charge in [-0.25, -0.2) is 4.39 Å². The van der Waals surface area contributed by atoms with Crippen LogP contribution in [0.25, 0.3) is 0 Å². The zero-order valence-corrected chi connectivity index (χ0v) is 15.4. The minimum absolute atomic E-state index is 0.0491. The van der Waals surface area contributed by atoms with E-state index >= 15 is 0 Å². The van der Waals surface area contributed by atoms with Crippen LogP contribution in [0.15, 0.2) is 58.9 Å². The van der Waals surface area contributed by atoms with Gasteiger partial charge in [-0.3, -0.25) is 10.1 Å². The molecule has 1 amide bonds. The van der Waals surface area contributed by atoms with Crippen LogP contribution in [0.2, 0.25) is 0 Å². The number of benzene rings is 2. The number of carbonyl (C=O) groups is 1. The maximum atomic E-state index is 12.9. The predicted octanol–water partition coefficient (Wildman–Crippen LogP) is 4.12. The number of nitrogens with one attached hydrogen (secondary N) is 1. The zero-order chi connectivity index (χ0) is 18.2. The number of anilines is 1. The average Bonchev–Trinajstić information content (AvgIpc) is 3.09. The highest BCUT2D eigenvalue weighted by atomic mass is 32.2. The van der Waals surface area contributed by atoms with Gasteiger partial charge in [0.1, 0.15) is 12.4 Å². The Morgan fingerprint density at radius 3 is 2.62 bits per heavy atom. The molecule has 0 saturated heterocycles. The van der Waals surface area contributed by atoms with Gasteiger partial charge in [-0.1, -0.05) is 65.6 Å². The van der Waals surface area contributed by atoms with Gasteiger partial charge in [-0.2, -0.15) is 0 Å². The van der Waals surface area contributed by atoms with Crippen molar-refractivity contribution < 1.29 is 13.9 Å². The molecule has 2 aromatic carbocycles. The number of hydrogen-bond donors (Lipinski definition) is 1. The van der Waals surface area contributed by atoms with Crippen molar-refractivity contribution in [2.75, 3.05) is 11.9 Å². The van der Waals surface area contributed by atoms with E-state index in [0.29, 0.717) is 17.5 Å². The molecular formula is C18H16FN3O2S2. The average molecular weight is 389 g/mol. The number of amides is 1. The van der Waals surface area contributed by atoms with Gasteiger partial charge in [0.2, 0.25) is 5.13 Å². The number of halogens is 1. The molecule has 3 aromatic rings. The summed E-state index contributed by atoms with van der Waals surface area (Å²) in [6.07, 6.45) is 0. The minimum Gasteiger partial charge on any atom is -0.367 e. The predicted molar refractivity (Wildman–Crippen MR) is 101 cm³/mol. The third kappa shape index (κ3) is 5.91. The van der Waals surface area contributed by atoms with E-state index in [2.05, 4.69) is 15.5 Å². The number of rotatable bonds is 8. The molecule has 0 aliphatic rings. The maximum Gasteiger partial charge on any atom is 0.252 e. The van der Waals surface area contributed by atoms with Gasteiger partial charge in [-0.15, -0.1) is 10.2 Å². The summed E-state index contributed by atoms with van der Waals surface area (Å²) < 4.78 is 19.0. The molecule has 1 N–H and O–H groups in total. The van der Waals surface area contributed by atoms with Crippen molar-refractivity contribution in [2.24, 2.45) is 0 Å². The molecule has 1 heterocycles. The van der Waals surface area contributed by atoms with Crippen LogP contribution in [0.3, 0.4) is 0 Å². The maximum absolute atomic E-state index is 12.9. The fourth-order valence-corrected chi connectivity index (χ4v) is 3.76. The van der Waals surface area contributed by atoms with Crippen molar-refractivity contribution in [3.63, 3.8) is 0 Å². The molecule has 134 valence electrons. The van der Waals surface area contributed by atoms with E-state index in [1.54, 1.807) is 12.1 Å². The Bertz CT molecular complexity index is 841. The number of thioether (sulfide) groups is 1. The second-order valence-electron chi connectivity index (χ2n) is 5.31. The number of aromatic nitrogens is 2. The molecule has 0 saturated carbocycles. The quantitative estimate of drug-likeness (QED) is 0.464. The van der Waals surface area contributed by atoms with Crippen LogP contribution >= 0.6 is 23.1 Å². The van der Waals surface area contributed by atoms with E-state index in [0.717, 1.165) is 15.5 Å². The standard InChI is InChI=1S/C18H16FN3O2S2/c19-15-8-6-14(7-9-15)12-25-18-22-21-17(26-18)20-16(23)11-24-10-13-4-2-1-3-5-13/h1-9H,10-12H2,(H,20,21,23). The molecule has 0 aliphatic carbocycles. The van der Waals surface area contributed by atoms with Crippen LogP contribution in [0.1, 0.15) is 11.1 Å². The number of hydrogen-bond acceptors (Lipinski definition) is 6. The van der Waals surface area contributed by atoms with E-state index < -0.39 is 0 Å². The smallest absolute Gasteiger partial charge is 0.252 e. The van der Waals surface area contributed by atoms with Gasteiger partial charge < -0.3 is 4.74 Å². The SMILES string of the molecule is O=C(COCc1ccccc1)Nc1nnc(SCc2ccc(F)cc2)s1. The highest BCUT2D eigenvalue weighted by Gasteiger charge is 2.09. The molecule has 0 atom stereocenters. The summed E-state index contributed by atoms with van der Waals surface area (Å²) in [7, 11) is 0. The first-order valence-electron chi connectivity index (χ1n) is 7.81. The second-order valence-corrected chi connectivity index (χ2v) is 7.51. The first-order chi connectivity index (χ1) is 12.7. The molecule has 0 fully saturated rings. The Balaban J connectivity index is 1.41. The van der Waals surface area contributed by atoms with Gasteiger partial charge in [-0.05, 0) is 23.3 Å². The molecule has 0 spiro atoms. The van der Waals surface area contributed by atoms with E-state index in [1.807, 2.05) is 30.3 Å². The van der Waals surface area contributed by atoms with Crippen LogP contribution in [0, 0.1) is 5.82 Å². The first kappa shape index (κ1) is 18.5. The lowest BCUT2D eigenvalue weighted by Gasteiger charge is -2.03. The Hall–Kier alpha value is -2.29. The van der Waals surface area contributed by atoms with Crippen molar-refractivity contribution in [3.05, 3.63) is 71.5 Å². The summed E-state index contributed by atoms with van der Waals surface area (Å²) in [6, 6.07) is 16.0. The third-order valence-electron chi connectivity index (χ3n) is 3.27.